The molecule has 0 atom stereocenters. The lowest BCUT2D eigenvalue weighted by Gasteiger charge is -2.14. The fourth-order valence-corrected chi connectivity index (χ4v) is 2.49. The second-order valence-corrected chi connectivity index (χ2v) is 5.90. The third-order valence-electron chi connectivity index (χ3n) is 3.60. The second-order valence-electron chi connectivity index (χ2n) is 5.90. The summed E-state index contributed by atoms with van der Waals surface area (Å²) in [5, 5.41) is 2.92. The Balaban J connectivity index is 1.58. The zero-order valence-electron chi connectivity index (χ0n) is 13.9. The molecule has 3 rings (SSSR count). The summed E-state index contributed by atoms with van der Waals surface area (Å²) in [5.74, 6) is 2.13. The summed E-state index contributed by atoms with van der Waals surface area (Å²) in [6, 6.07) is 13.2. The Bertz CT molecular complexity index is 727. The van der Waals surface area contributed by atoms with Gasteiger partial charge in [0, 0.05) is 6.42 Å². The molecule has 0 fully saturated rings. The number of anilines is 1. The summed E-state index contributed by atoms with van der Waals surface area (Å²) in [7, 11) is 0. The SMILES string of the molecule is CC(C)Oc1ccccc1NC(=O)CCc1ccc2c(c1)OCO2. The third kappa shape index (κ3) is 3.98. The van der Waals surface area contributed by atoms with Crippen molar-refractivity contribution in [1.29, 1.82) is 0 Å². The van der Waals surface area contributed by atoms with Crippen LogP contribution in [0, 0.1) is 0 Å². The van der Waals surface area contributed by atoms with Gasteiger partial charge in [-0.1, -0.05) is 18.2 Å². The molecule has 0 spiro atoms. The highest BCUT2D eigenvalue weighted by Gasteiger charge is 2.14. The van der Waals surface area contributed by atoms with Crippen LogP contribution in [0.1, 0.15) is 25.8 Å². The van der Waals surface area contributed by atoms with E-state index < -0.39 is 0 Å². The van der Waals surface area contributed by atoms with Crippen LogP contribution in [0.3, 0.4) is 0 Å². The Morgan fingerprint density at radius 1 is 1.17 bits per heavy atom. The minimum Gasteiger partial charge on any atom is -0.489 e. The average molecular weight is 327 g/mol. The lowest BCUT2D eigenvalue weighted by Crippen LogP contribution is -2.14. The van der Waals surface area contributed by atoms with Gasteiger partial charge in [0.15, 0.2) is 11.5 Å². The number of nitrogens with one attached hydrogen (secondary N) is 1. The molecule has 126 valence electrons. The maximum atomic E-state index is 12.2. The molecule has 1 heterocycles. The van der Waals surface area contributed by atoms with Crippen molar-refractivity contribution in [3.63, 3.8) is 0 Å². The summed E-state index contributed by atoms with van der Waals surface area (Å²) in [6.07, 6.45) is 1.07. The highest BCUT2D eigenvalue weighted by Crippen LogP contribution is 2.32. The van der Waals surface area contributed by atoms with E-state index in [-0.39, 0.29) is 18.8 Å². The Hall–Kier alpha value is -2.69. The number of carbonyl (C=O) groups excluding carboxylic acids is 1. The van der Waals surface area contributed by atoms with Gasteiger partial charge in [0.25, 0.3) is 0 Å². The normalized spacial score (nSPS) is 12.3. The number of hydrogen-bond acceptors (Lipinski definition) is 4. The zero-order chi connectivity index (χ0) is 16.9. The van der Waals surface area contributed by atoms with E-state index >= 15 is 0 Å². The lowest BCUT2D eigenvalue weighted by atomic mass is 10.1. The van der Waals surface area contributed by atoms with Crippen molar-refractivity contribution in [1.82, 2.24) is 0 Å². The number of fused-ring (bicyclic) bond motifs is 1. The summed E-state index contributed by atoms with van der Waals surface area (Å²) in [6.45, 7) is 4.17. The van der Waals surface area contributed by atoms with E-state index in [0.717, 1.165) is 17.1 Å². The van der Waals surface area contributed by atoms with E-state index in [0.29, 0.717) is 24.3 Å². The molecule has 0 unspecified atom stereocenters. The molecule has 1 N–H and O–H groups in total. The predicted octanol–water partition coefficient (Wildman–Crippen LogP) is 3.77. The van der Waals surface area contributed by atoms with E-state index in [1.165, 1.54) is 0 Å². The molecule has 1 aliphatic heterocycles. The standard InChI is InChI=1S/C19H21NO4/c1-13(2)24-16-6-4-3-5-15(16)20-19(21)10-8-14-7-9-17-18(11-14)23-12-22-17/h3-7,9,11,13H,8,10,12H2,1-2H3,(H,20,21). The second kappa shape index (κ2) is 7.25. The first-order valence-corrected chi connectivity index (χ1v) is 8.06. The molecule has 1 aliphatic rings. The quantitative estimate of drug-likeness (QED) is 0.877. The molecule has 2 aromatic carbocycles. The first kappa shape index (κ1) is 16.2. The average Bonchev–Trinajstić information content (AvgIpc) is 3.02. The number of rotatable bonds is 6. The topological polar surface area (TPSA) is 56.8 Å². The molecular weight excluding hydrogens is 306 g/mol. The van der Waals surface area contributed by atoms with Gasteiger partial charge in [-0.2, -0.15) is 0 Å². The van der Waals surface area contributed by atoms with Crippen molar-refractivity contribution in [3.05, 3.63) is 48.0 Å². The van der Waals surface area contributed by atoms with Crippen LogP contribution in [0.4, 0.5) is 5.69 Å². The van der Waals surface area contributed by atoms with Gasteiger partial charge in [-0.3, -0.25) is 4.79 Å². The van der Waals surface area contributed by atoms with Gasteiger partial charge in [0.1, 0.15) is 5.75 Å². The number of hydrogen-bond donors (Lipinski definition) is 1. The molecule has 2 aromatic rings. The number of ether oxygens (including phenoxy) is 3. The van der Waals surface area contributed by atoms with Crippen molar-refractivity contribution >= 4 is 11.6 Å². The number of amides is 1. The fraction of sp³-hybridized carbons (Fsp3) is 0.316. The van der Waals surface area contributed by atoms with Crippen molar-refractivity contribution in [2.45, 2.75) is 32.8 Å². The molecule has 5 heteroatoms. The van der Waals surface area contributed by atoms with E-state index in [2.05, 4.69) is 5.32 Å². The van der Waals surface area contributed by atoms with Gasteiger partial charge >= 0.3 is 0 Å². The molecule has 1 amide bonds. The fourth-order valence-electron chi connectivity index (χ4n) is 2.49. The first-order chi connectivity index (χ1) is 11.6. The maximum absolute atomic E-state index is 12.2. The Morgan fingerprint density at radius 2 is 1.96 bits per heavy atom. The van der Waals surface area contributed by atoms with Crippen molar-refractivity contribution in [2.75, 3.05) is 12.1 Å². The van der Waals surface area contributed by atoms with Gasteiger partial charge in [0.05, 0.1) is 11.8 Å². The minimum atomic E-state index is -0.0486. The Morgan fingerprint density at radius 3 is 2.79 bits per heavy atom. The molecule has 0 saturated heterocycles. The highest BCUT2D eigenvalue weighted by molar-refractivity contribution is 5.92. The van der Waals surface area contributed by atoms with Crippen LogP contribution in [0.5, 0.6) is 17.2 Å². The van der Waals surface area contributed by atoms with Crippen molar-refractivity contribution in [2.24, 2.45) is 0 Å². The predicted molar refractivity (Wildman–Crippen MR) is 91.7 cm³/mol. The van der Waals surface area contributed by atoms with E-state index in [9.17, 15) is 4.79 Å². The smallest absolute Gasteiger partial charge is 0.231 e. The monoisotopic (exact) mass is 327 g/mol. The zero-order valence-corrected chi connectivity index (χ0v) is 13.9. The van der Waals surface area contributed by atoms with Gasteiger partial charge < -0.3 is 19.5 Å². The number of para-hydroxylation sites is 2. The van der Waals surface area contributed by atoms with E-state index in [4.69, 9.17) is 14.2 Å². The van der Waals surface area contributed by atoms with Gasteiger partial charge in [-0.05, 0) is 50.1 Å². The van der Waals surface area contributed by atoms with Crippen LogP contribution in [0.25, 0.3) is 0 Å². The van der Waals surface area contributed by atoms with Gasteiger partial charge in [0.2, 0.25) is 12.7 Å². The number of benzene rings is 2. The molecule has 0 saturated carbocycles. The maximum Gasteiger partial charge on any atom is 0.231 e. The van der Waals surface area contributed by atoms with Crippen LogP contribution < -0.4 is 19.5 Å². The van der Waals surface area contributed by atoms with Gasteiger partial charge in [-0.25, -0.2) is 0 Å². The van der Waals surface area contributed by atoms with Crippen LogP contribution in [0.2, 0.25) is 0 Å². The molecule has 24 heavy (non-hydrogen) atoms. The molecular formula is C19H21NO4. The summed E-state index contributed by atoms with van der Waals surface area (Å²) >= 11 is 0. The molecule has 0 bridgehead atoms. The van der Waals surface area contributed by atoms with Crippen LogP contribution in [-0.4, -0.2) is 18.8 Å². The Labute approximate surface area is 141 Å². The van der Waals surface area contributed by atoms with E-state index in [1.807, 2.05) is 56.3 Å². The minimum absolute atomic E-state index is 0.0486. The first-order valence-electron chi connectivity index (χ1n) is 8.06. The van der Waals surface area contributed by atoms with Gasteiger partial charge in [-0.15, -0.1) is 0 Å². The summed E-state index contributed by atoms with van der Waals surface area (Å²) < 4.78 is 16.4. The third-order valence-corrected chi connectivity index (χ3v) is 3.60. The van der Waals surface area contributed by atoms with Crippen molar-refractivity contribution in [3.8, 4) is 17.2 Å². The molecule has 0 radical (unpaired) electrons. The lowest BCUT2D eigenvalue weighted by molar-refractivity contribution is -0.116. The highest BCUT2D eigenvalue weighted by atomic mass is 16.7. The molecule has 0 aliphatic carbocycles. The van der Waals surface area contributed by atoms with Crippen molar-refractivity contribution < 1.29 is 19.0 Å². The summed E-state index contributed by atoms with van der Waals surface area (Å²) in [5.41, 5.74) is 1.74. The molecule has 5 nitrogen and oxygen atoms in total. The Kier molecular flexibility index (Phi) is 4.89. The van der Waals surface area contributed by atoms with Crippen LogP contribution >= 0.6 is 0 Å². The van der Waals surface area contributed by atoms with Crippen LogP contribution in [0.15, 0.2) is 42.5 Å². The van der Waals surface area contributed by atoms with E-state index in [1.54, 1.807) is 0 Å². The summed E-state index contributed by atoms with van der Waals surface area (Å²) in [4.78, 5) is 12.2. The molecule has 0 aromatic heterocycles. The van der Waals surface area contributed by atoms with Crippen LogP contribution in [-0.2, 0) is 11.2 Å². The number of carbonyl (C=O) groups is 1. The largest absolute Gasteiger partial charge is 0.489 e. The number of aryl methyl sites for hydroxylation is 1.